The lowest BCUT2D eigenvalue weighted by atomic mass is 10.0. The van der Waals surface area contributed by atoms with Gasteiger partial charge in [-0.15, -0.1) is 0 Å². The maximum absolute atomic E-state index is 10.9. The van der Waals surface area contributed by atoms with Gasteiger partial charge in [0.25, 0.3) is 0 Å². The first kappa shape index (κ1) is 11.1. The van der Waals surface area contributed by atoms with Crippen LogP contribution < -0.4 is 5.32 Å². The SMILES string of the molecule is CC[C@H](NC(C)=O)c1ccc(Cl)cc1. The monoisotopic (exact) mass is 211 g/mol. The molecule has 76 valence electrons. The normalized spacial score (nSPS) is 12.2. The average Bonchev–Trinajstić information content (AvgIpc) is 2.15. The third-order valence-electron chi connectivity index (χ3n) is 2.06. The van der Waals surface area contributed by atoms with Crippen molar-refractivity contribution in [1.29, 1.82) is 0 Å². The predicted molar refractivity (Wildman–Crippen MR) is 58.3 cm³/mol. The van der Waals surface area contributed by atoms with E-state index >= 15 is 0 Å². The Labute approximate surface area is 89.3 Å². The van der Waals surface area contributed by atoms with Gasteiger partial charge >= 0.3 is 0 Å². The van der Waals surface area contributed by atoms with Crippen LogP contribution in [0.5, 0.6) is 0 Å². The molecule has 1 aromatic carbocycles. The van der Waals surface area contributed by atoms with Crippen LogP contribution in [0.3, 0.4) is 0 Å². The first-order valence-corrected chi connectivity index (χ1v) is 5.04. The van der Waals surface area contributed by atoms with Crippen LogP contribution in [0.2, 0.25) is 5.02 Å². The Balaban J connectivity index is 2.78. The van der Waals surface area contributed by atoms with Gasteiger partial charge in [0, 0.05) is 11.9 Å². The molecule has 0 aliphatic heterocycles. The lowest BCUT2D eigenvalue weighted by Gasteiger charge is -2.16. The molecular formula is C11H14ClNO. The van der Waals surface area contributed by atoms with Crippen LogP contribution in [0, 0.1) is 0 Å². The fraction of sp³-hybridized carbons (Fsp3) is 0.364. The van der Waals surface area contributed by atoms with Crippen LogP contribution in [0.1, 0.15) is 31.9 Å². The van der Waals surface area contributed by atoms with E-state index in [2.05, 4.69) is 5.32 Å². The van der Waals surface area contributed by atoms with Gasteiger partial charge < -0.3 is 5.32 Å². The molecule has 1 N–H and O–H groups in total. The lowest BCUT2D eigenvalue weighted by molar-refractivity contribution is -0.119. The Kier molecular flexibility index (Phi) is 3.96. The number of rotatable bonds is 3. The molecule has 0 aliphatic rings. The van der Waals surface area contributed by atoms with E-state index in [0.29, 0.717) is 5.02 Å². The van der Waals surface area contributed by atoms with Crippen molar-refractivity contribution in [3.05, 3.63) is 34.9 Å². The Morgan fingerprint density at radius 2 is 2.00 bits per heavy atom. The van der Waals surface area contributed by atoms with Crippen molar-refractivity contribution >= 4 is 17.5 Å². The van der Waals surface area contributed by atoms with E-state index in [-0.39, 0.29) is 11.9 Å². The summed E-state index contributed by atoms with van der Waals surface area (Å²) >= 11 is 5.78. The maximum atomic E-state index is 10.9. The van der Waals surface area contributed by atoms with Crippen LogP contribution in [0.15, 0.2) is 24.3 Å². The second-order valence-corrected chi connectivity index (χ2v) is 3.65. The Morgan fingerprint density at radius 1 is 1.43 bits per heavy atom. The molecule has 0 aliphatic carbocycles. The van der Waals surface area contributed by atoms with Gasteiger partial charge in [-0.1, -0.05) is 30.7 Å². The summed E-state index contributed by atoms with van der Waals surface area (Å²) < 4.78 is 0. The predicted octanol–water partition coefficient (Wildman–Crippen LogP) is 2.93. The Bertz CT molecular complexity index is 308. The van der Waals surface area contributed by atoms with Crippen LogP contribution in [0.4, 0.5) is 0 Å². The molecule has 0 spiro atoms. The quantitative estimate of drug-likeness (QED) is 0.819. The zero-order valence-electron chi connectivity index (χ0n) is 8.38. The fourth-order valence-electron chi connectivity index (χ4n) is 1.36. The van der Waals surface area contributed by atoms with Gasteiger partial charge in [0.05, 0.1) is 6.04 Å². The van der Waals surface area contributed by atoms with E-state index < -0.39 is 0 Å². The molecule has 0 heterocycles. The number of benzene rings is 1. The Morgan fingerprint density at radius 3 is 2.43 bits per heavy atom. The van der Waals surface area contributed by atoms with Crippen molar-refractivity contribution in [3.8, 4) is 0 Å². The van der Waals surface area contributed by atoms with Crippen LogP contribution in [-0.4, -0.2) is 5.91 Å². The van der Waals surface area contributed by atoms with Gasteiger partial charge in [0.1, 0.15) is 0 Å². The zero-order chi connectivity index (χ0) is 10.6. The number of nitrogens with one attached hydrogen (secondary N) is 1. The number of halogens is 1. The van der Waals surface area contributed by atoms with Gasteiger partial charge in [-0.3, -0.25) is 4.79 Å². The lowest BCUT2D eigenvalue weighted by Crippen LogP contribution is -2.25. The van der Waals surface area contributed by atoms with E-state index in [1.165, 1.54) is 6.92 Å². The molecule has 0 saturated heterocycles. The summed E-state index contributed by atoms with van der Waals surface area (Å²) in [6.07, 6.45) is 0.876. The standard InChI is InChI=1S/C11H14ClNO/c1-3-11(13-8(2)14)9-4-6-10(12)7-5-9/h4-7,11H,3H2,1-2H3,(H,13,14)/t11-/m0/s1. The first-order chi connectivity index (χ1) is 6.63. The highest BCUT2D eigenvalue weighted by molar-refractivity contribution is 6.30. The topological polar surface area (TPSA) is 29.1 Å². The molecule has 0 radical (unpaired) electrons. The summed E-state index contributed by atoms with van der Waals surface area (Å²) in [6, 6.07) is 7.63. The van der Waals surface area contributed by atoms with Crippen molar-refractivity contribution in [1.82, 2.24) is 5.32 Å². The third-order valence-corrected chi connectivity index (χ3v) is 2.31. The fourth-order valence-corrected chi connectivity index (χ4v) is 1.49. The number of amides is 1. The molecular weight excluding hydrogens is 198 g/mol. The summed E-state index contributed by atoms with van der Waals surface area (Å²) in [4.78, 5) is 10.9. The highest BCUT2D eigenvalue weighted by atomic mass is 35.5. The minimum Gasteiger partial charge on any atom is -0.350 e. The molecule has 1 rings (SSSR count). The van der Waals surface area contributed by atoms with Gasteiger partial charge in [0.2, 0.25) is 5.91 Å². The highest BCUT2D eigenvalue weighted by Gasteiger charge is 2.09. The van der Waals surface area contributed by atoms with Crippen LogP contribution >= 0.6 is 11.6 Å². The summed E-state index contributed by atoms with van der Waals surface area (Å²) in [5, 5.41) is 3.60. The molecule has 0 aromatic heterocycles. The van der Waals surface area contributed by atoms with E-state index in [9.17, 15) is 4.79 Å². The number of carbonyl (C=O) groups is 1. The highest BCUT2D eigenvalue weighted by Crippen LogP contribution is 2.18. The summed E-state index contributed by atoms with van der Waals surface area (Å²) in [6.45, 7) is 3.56. The summed E-state index contributed by atoms with van der Waals surface area (Å²) in [7, 11) is 0. The minimum atomic E-state index is -0.00759. The molecule has 3 heteroatoms. The zero-order valence-corrected chi connectivity index (χ0v) is 9.14. The van der Waals surface area contributed by atoms with E-state index in [1.54, 1.807) is 0 Å². The first-order valence-electron chi connectivity index (χ1n) is 4.66. The number of hydrogen-bond acceptors (Lipinski definition) is 1. The van der Waals surface area contributed by atoms with E-state index in [4.69, 9.17) is 11.6 Å². The van der Waals surface area contributed by atoms with Gasteiger partial charge in [-0.2, -0.15) is 0 Å². The molecule has 14 heavy (non-hydrogen) atoms. The van der Waals surface area contributed by atoms with Crippen molar-refractivity contribution in [2.45, 2.75) is 26.3 Å². The molecule has 0 bridgehead atoms. The molecule has 2 nitrogen and oxygen atoms in total. The maximum Gasteiger partial charge on any atom is 0.217 e. The minimum absolute atomic E-state index is 0.00759. The summed E-state index contributed by atoms with van der Waals surface area (Å²) in [5.74, 6) is -0.00759. The molecule has 0 fully saturated rings. The molecule has 0 unspecified atom stereocenters. The van der Waals surface area contributed by atoms with Crippen molar-refractivity contribution < 1.29 is 4.79 Å². The second kappa shape index (κ2) is 5.01. The largest absolute Gasteiger partial charge is 0.350 e. The van der Waals surface area contributed by atoms with E-state index in [1.807, 2.05) is 31.2 Å². The van der Waals surface area contributed by atoms with Crippen LogP contribution in [-0.2, 0) is 4.79 Å². The molecule has 1 atom stereocenters. The van der Waals surface area contributed by atoms with Crippen LogP contribution in [0.25, 0.3) is 0 Å². The second-order valence-electron chi connectivity index (χ2n) is 3.21. The van der Waals surface area contributed by atoms with Gasteiger partial charge in [-0.25, -0.2) is 0 Å². The molecule has 0 saturated carbocycles. The Hall–Kier alpha value is -1.02. The van der Waals surface area contributed by atoms with Crippen molar-refractivity contribution in [2.24, 2.45) is 0 Å². The average molecular weight is 212 g/mol. The van der Waals surface area contributed by atoms with Crippen molar-refractivity contribution in [3.63, 3.8) is 0 Å². The van der Waals surface area contributed by atoms with Gasteiger partial charge in [0.15, 0.2) is 0 Å². The molecule has 1 amide bonds. The van der Waals surface area contributed by atoms with E-state index in [0.717, 1.165) is 12.0 Å². The number of carbonyl (C=O) groups excluding carboxylic acids is 1. The third kappa shape index (κ3) is 3.04. The smallest absolute Gasteiger partial charge is 0.217 e. The molecule has 1 aromatic rings. The van der Waals surface area contributed by atoms with Crippen molar-refractivity contribution in [2.75, 3.05) is 0 Å². The summed E-state index contributed by atoms with van der Waals surface area (Å²) in [5.41, 5.74) is 1.09. The van der Waals surface area contributed by atoms with Gasteiger partial charge in [-0.05, 0) is 24.1 Å². The number of hydrogen-bond donors (Lipinski definition) is 1.